The quantitative estimate of drug-likeness (QED) is 0.687. The maximum absolute atomic E-state index is 6.24. The Morgan fingerprint density at radius 1 is 1.25 bits per heavy atom. The van der Waals surface area contributed by atoms with Gasteiger partial charge in [0.2, 0.25) is 0 Å². The third-order valence-corrected chi connectivity index (χ3v) is 4.15. The average molecular weight is 167 g/mol. The summed E-state index contributed by atoms with van der Waals surface area (Å²) in [6, 6.07) is 0. The highest BCUT2D eigenvalue weighted by atomic mass is 14.9. The molecule has 1 heteroatoms. The first-order valence-corrected chi connectivity index (χ1v) is 5.50. The lowest BCUT2D eigenvalue weighted by Gasteiger charge is -2.66. The Kier molecular flexibility index (Phi) is 1.95. The van der Waals surface area contributed by atoms with Gasteiger partial charge in [-0.15, -0.1) is 0 Å². The van der Waals surface area contributed by atoms with Crippen LogP contribution in [0.25, 0.3) is 0 Å². The highest BCUT2D eigenvalue weighted by Crippen LogP contribution is 2.61. The van der Waals surface area contributed by atoms with Crippen LogP contribution >= 0.6 is 0 Å². The summed E-state index contributed by atoms with van der Waals surface area (Å²) in [4.78, 5) is 0. The van der Waals surface area contributed by atoms with E-state index in [1.807, 2.05) is 0 Å². The van der Waals surface area contributed by atoms with Gasteiger partial charge in [0, 0.05) is 5.54 Å². The van der Waals surface area contributed by atoms with Gasteiger partial charge in [0.1, 0.15) is 0 Å². The molecule has 1 nitrogen and oxygen atoms in total. The van der Waals surface area contributed by atoms with Crippen LogP contribution in [-0.2, 0) is 0 Å². The minimum Gasteiger partial charge on any atom is -0.325 e. The van der Waals surface area contributed by atoms with Crippen molar-refractivity contribution in [3.63, 3.8) is 0 Å². The Morgan fingerprint density at radius 3 is 2.42 bits per heavy atom. The summed E-state index contributed by atoms with van der Waals surface area (Å²) < 4.78 is 0. The van der Waals surface area contributed by atoms with Gasteiger partial charge in [-0.25, -0.2) is 0 Å². The van der Waals surface area contributed by atoms with Crippen molar-refractivity contribution >= 4 is 0 Å². The van der Waals surface area contributed by atoms with Crippen molar-refractivity contribution in [3.8, 4) is 0 Å². The van der Waals surface area contributed by atoms with E-state index in [1.54, 1.807) is 0 Å². The van der Waals surface area contributed by atoms with Crippen molar-refractivity contribution in [3.05, 3.63) is 0 Å². The van der Waals surface area contributed by atoms with Gasteiger partial charge in [0.05, 0.1) is 0 Å². The van der Waals surface area contributed by atoms with E-state index in [4.69, 9.17) is 5.73 Å². The molecule has 0 bridgehead atoms. The SMILES string of the molecule is CCCC1CC2(N)CC(CC)C12. The molecule has 12 heavy (non-hydrogen) atoms. The molecule has 0 saturated heterocycles. The molecule has 0 amide bonds. The molecule has 0 spiro atoms. The van der Waals surface area contributed by atoms with E-state index in [0.29, 0.717) is 5.54 Å². The van der Waals surface area contributed by atoms with Crippen molar-refractivity contribution < 1.29 is 0 Å². The molecule has 2 saturated carbocycles. The van der Waals surface area contributed by atoms with Gasteiger partial charge in [-0.3, -0.25) is 0 Å². The fourth-order valence-corrected chi connectivity index (χ4v) is 3.64. The lowest BCUT2D eigenvalue weighted by atomic mass is 9.42. The van der Waals surface area contributed by atoms with Crippen LogP contribution in [0.4, 0.5) is 0 Å². The Balaban J connectivity index is 1.91. The molecule has 70 valence electrons. The molecule has 0 aliphatic heterocycles. The molecule has 0 aromatic rings. The van der Waals surface area contributed by atoms with Crippen LogP contribution in [0.15, 0.2) is 0 Å². The van der Waals surface area contributed by atoms with Crippen molar-refractivity contribution in [2.75, 3.05) is 0 Å². The molecule has 2 N–H and O–H groups in total. The molecular formula is C11H21N. The predicted molar refractivity (Wildman–Crippen MR) is 51.8 cm³/mol. The first-order chi connectivity index (χ1) is 5.71. The van der Waals surface area contributed by atoms with Crippen LogP contribution in [0.5, 0.6) is 0 Å². The average Bonchev–Trinajstić information content (AvgIpc) is 2.01. The molecule has 4 atom stereocenters. The Hall–Kier alpha value is -0.0400. The summed E-state index contributed by atoms with van der Waals surface area (Å²) in [6.45, 7) is 4.60. The molecule has 4 unspecified atom stereocenters. The lowest BCUT2D eigenvalue weighted by molar-refractivity contribution is -0.118. The summed E-state index contributed by atoms with van der Waals surface area (Å²) in [5.41, 5.74) is 6.54. The highest BCUT2D eigenvalue weighted by Gasteiger charge is 2.61. The zero-order chi connectivity index (χ0) is 8.77. The third kappa shape index (κ3) is 0.953. The largest absolute Gasteiger partial charge is 0.325 e. The normalized spacial score (nSPS) is 50.8. The van der Waals surface area contributed by atoms with E-state index in [2.05, 4.69) is 13.8 Å². The zero-order valence-corrected chi connectivity index (χ0v) is 8.34. The summed E-state index contributed by atoms with van der Waals surface area (Å²) in [5.74, 6) is 2.86. The van der Waals surface area contributed by atoms with Gasteiger partial charge < -0.3 is 5.73 Å². The van der Waals surface area contributed by atoms with Crippen LogP contribution in [-0.4, -0.2) is 5.54 Å². The van der Waals surface area contributed by atoms with Gasteiger partial charge in [-0.2, -0.15) is 0 Å². The number of fused-ring (bicyclic) bond motifs is 1. The van der Waals surface area contributed by atoms with E-state index >= 15 is 0 Å². The molecule has 0 aromatic heterocycles. The standard InChI is InChI=1S/C11H21N/c1-3-5-9-7-11(12)6-8(4-2)10(9)11/h8-10H,3-7,12H2,1-2H3. The van der Waals surface area contributed by atoms with Crippen LogP contribution in [0.2, 0.25) is 0 Å². The van der Waals surface area contributed by atoms with E-state index in [0.717, 1.165) is 17.8 Å². The Morgan fingerprint density at radius 2 is 1.92 bits per heavy atom. The number of hydrogen-bond acceptors (Lipinski definition) is 1. The second kappa shape index (κ2) is 2.73. The van der Waals surface area contributed by atoms with Gasteiger partial charge >= 0.3 is 0 Å². The summed E-state index contributed by atoms with van der Waals surface area (Å²) in [6.07, 6.45) is 6.74. The van der Waals surface area contributed by atoms with Gasteiger partial charge in [-0.05, 0) is 30.6 Å². The van der Waals surface area contributed by atoms with Crippen molar-refractivity contribution in [2.45, 2.75) is 51.5 Å². The predicted octanol–water partition coefficient (Wildman–Crippen LogP) is 2.55. The first kappa shape index (κ1) is 8.55. The van der Waals surface area contributed by atoms with Crippen LogP contribution in [0.3, 0.4) is 0 Å². The van der Waals surface area contributed by atoms with Gasteiger partial charge in [0.15, 0.2) is 0 Å². The monoisotopic (exact) mass is 167 g/mol. The van der Waals surface area contributed by atoms with Gasteiger partial charge in [-0.1, -0.05) is 33.1 Å². The fourth-order valence-electron chi connectivity index (χ4n) is 3.64. The van der Waals surface area contributed by atoms with Crippen molar-refractivity contribution in [1.29, 1.82) is 0 Å². The van der Waals surface area contributed by atoms with E-state index < -0.39 is 0 Å². The molecule has 0 aromatic carbocycles. The minimum atomic E-state index is 0.306. The Bertz CT molecular complexity index is 178. The lowest BCUT2D eigenvalue weighted by Crippen LogP contribution is -2.71. The minimum absolute atomic E-state index is 0.306. The maximum Gasteiger partial charge on any atom is 0.0193 e. The summed E-state index contributed by atoms with van der Waals surface area (Å²) in [5, 5.41) is 0. The van der Waals surface area contributed by atoms with E-state index in [-0.39, 0.29) is 0 Å². The zero-order valence-electron chi connectivity index (χ0n) is 8.34. The molecular weight excluding hydrogens is 146 g/mol. The van der Waals surface area contributed by atoms with Crippen LogP contribution in [0.1, 0.15) is 46.0 Å². The van der Waals surface area contributed by atoms with Crippen molar-refractivity contribution in [2.24, 2.45) is 23.5 Å². The van der Waals surface area contributed by atoms with Crippen LogP contribution < -0.4 is 5.73 Å². The Labute approximate surface area is 75.7 Å². The number of nitrogens with two attached hydrogens (primary N) is 1. The van der Waals surface area contributed by atoms with Crippen LogP contribution in [0, 0.1) is 17.8 Å². The van der Waals surface area contributed by atoms with Gasteiger partial charge in [0.25, 0.3) is 0 Å². The smallest absolute Gasteiger partial charge is 0.0193 e. The van der Waals surface area contributed by atoms with E-state index in [9.17, 15) is 0 Å². The van der Waals surface area contributed by atoms with E-state index in [1.165, 1.54) is 32.1 Å². The number of rotatable bonds is 3. The molecule has 2 rings (SSSR count). The summed E-state index contributed by atoms with van der Waals surface area (Å²) in [7, 11) is 0. The first-order valence-electron chi connectivity index (χ1n) is 5.50. The molecule has 2 fully saturated rings. The third-order valence-electron chi connectivity index (χ3n) is 4.15. The molecule has 2 aliphatic rings. The maximum atomic E-state index is 6.24. The second-order valence-corrected chi connectivity index (χ2v) is 4.88. The summed E-state index contributed by atoms with van der Waals surface area (Å²) >= 11 is 0. The second-order valence-electron chi connectivity index (χ2n) is 4.88. The fraction of sp³-hybridized carbons (Fsp3) is 1.00. The molecule has 0 heterocycles. The molecule has 0 radical (unpaired) electrons. The highest BCUT2D eigenvalue weighted by molar-refractivity contribution is 5.16. The molecule has 2 aliphatic carbocycles. The number of hydrogen-bond donors (Lipinski definition) is 1. The van der Waals surface area contributed by atoms with Crippen molar-refractivity contribution in [1.82, 2.24) is 0 Å². The topological polar surface area (TPSA) is 26.0 Å².